The van der Waals surface area contributed by atoms with Crippen molar-refractivity contribution in [3.8, 4) is 0 Å². The zero-order chi connectivity index (χ0) is 11.0. The number of amides is 1. The monoisotopic (exact) mass is 243 g/mol. The predicted molar refractivity (Wildman–Crippen MR) is 63.2 cm³/mol. The molecule has 1 aliphatic rings. The van der Waals surface area contributed by atoms with Crippen molar-refractivity contribution < 1.29 is 4.79 Å². The van der Waals surface area contributed by atoms with Crippen LogP contribution in [0.25, 0.3) is 0 Å². The maximum Gasteiger partial charge on any atom is 0.223 e. The summed E-state index contributed by atoms with van der Waals surface area (Å²) < 4.78 is 0.769. The van der Waals surface area contributed by atoms with Gasteiger partial charge in [0.25, 0.3) is 0 Å². The van der Waals surface area contributed by atoms with Crippen molar-refractivity contribution in [1.29, 1.82) is 0 Å². The highest BCUT2D eigenvalue weighted by molar-refractivity contribution is 7.16. The minimum Gasteiger partial charge on any atom is -0.349 e. The smallest absolute Gasteiger partial charge is 0.223 e. The summed E-state index contributed by atoms with van der Waals surface area (Å²) >= 11 is 7.37. The number of thiophene rings is 1. The summed E-state index contributed by atoms with van der Waals surface area (Å²) in [6.45, 7) is 4.10. The van der Waals surface area contributed by atoms with Crippen LogP contribution in [0.4, 0.5) is 0 Å². The number of halogens is 1. The highest BCUT2D eigenvalue weighted by Crippen LogP contribution is 2.38. The Morgan fingerprint density at radius 3 is 2.80 bits per heavy atom. The van der Waals surface area contributed by atoms with Gasteiger partial charge in [-0.25, -0.2) is 0 Å². The number of carbonyl (C=O) groups excluding carboxylic acids is 1. The normalized spacial score (nSPS) is 26.1. The van der Waals surface area contributed by atoms with Crippen LogP contribution >= 0.6 is 22.9 Å². The maximum atomic E-state index is 11.7. The first-order chi connectivity index (χ1) is 7.08. The van der Waals surface area contributed by atoms with Gasteiger partial charge in [-0.1, -0.05) is 18.5 Å². The quantitative estimate of drug-likeness (QED) is 0.868. The molecule has 0 aromatic carbocycles. The second kappa shape index (κ2) is 4.14. The van der Waals surface area contributed by atoms with Gasteiger partial charge in [-0.3, -0.25) is 4.79 Å². The van der Waals surface area contributed by atoms with Crippen molar-refractivity contribution in [1.82, 2.24) is 5.32 Å². The van der Waals surface area contributed by atoms with Crippen LogP contribution in [-0.4, -0.2) is 5.91 Å². The fourth-order valence-corrected chi connectivity index (χ4v) is 2.70. The third-order valence-electron chi connectivity index (χ3n) is 2.83. The number of nitrogens with one attached hydrogen (secondary N) is 1. The Hall–Kier alpha value is -0.540. The van der Waals surface area contributed by atoms with Crippen LogP contribution in [0.5, 0.6) is 0 Å². The van der Waals surface area contributed by atoms with E-state index >= 15 is 0 Å². The van der Waals surface area contributed by atoms with Gasteiger partial charge >= 0.3 is 0 Å². The Bertz CT molecular complexity index is 376. The average molecular weight is 244 g/mol. The molecule has 3 atom stereocenters. The molecule has 1 aromatic rings. The van der Waals surface area contributed by atoms with Gasteiger partial charge in [0, 0.05) is 10.8 Å². The van der Waals surface area contributed by atoms with E-state index in [1.54, 1.807) is 0 Å². The third kappa shape index (κ3) is 2.52. The Balaban J connectivity index is 1.92. The lowest BCUT2D eigenvalue weighted by molar-refractivity contribution is -0.123. The standard InChI is InChI=1S/C11H14ClNOS/c1-6-5-8(6)11(14)13-7(2)9-3-4-10(12)15-9/h3-4,6-8H,5H2,1-2H3,(H,13,14). The lowest BCUT2D eigenvalue weighted by Gasteiger charge is -2.11. The minimum atomic E-state index is 0.0720. The first-order valence-corrected chi connectivity index (χ1v) is 6.33. The van der Waals surface area contributed by atoms with Crippen molar-refractivity contribution in [2.45, 2.75) is 26.3 Å². The van der Waals surface area contributed by atoms with Gasteiger partial charge in [-0.2, -0.15) is 0 Å². The summed E-state index contributed by atoms with van der Waals surface area (Å²) in [7, 11) is 0. The van der Waals surface area contributed by atoms with E-state index in [4.69, 9.17) is 11.6 Å². The zero-order valence-electron chi connectivity index (χ0n) is 8.79. The predicted octanol–water partition coefficient (Wildman–Crippen LogP) is 3.23. The number of hydrogen-bond donors (Lipinski definition) is 1. The van der Waals surface area contributed by atoms with Crippen molar-refractivity contribution in [2.75, 3.05) is 0 Å². The fraction of sp³-hybridized carbons (Fsp3) is 0.545. The first-order valence-electron chi connectivity index (χ1n) is 5.13. The molecule has 3 unspecified atom stereocenters. The summed E-state index contributed by atoms with van der Waals surface area (Å²) in [6.07, 6.45) is 1.03. The van der Waals surface area contributed by atoms with Crippen LogP contribution in [0.1, 0.15) is 31.2 Å². The van der Waals surface area contributed by atoms with Gasteiger partial charge in [0.2, 0.25) is 5.91 Å². The molecule has 1 saturated carbocycles. The number of hydrogen-bond acceptors (Lipinski definition) is 2. The van der Waals surface area contributed by atoms with Crippen LogP contribution in [0.3, 0.4) is 0 Å². The summed E-state index contributed by atoms with van der Waals surface area (Å²) in [6, 6.07) is 3.90. The molecule has 2 nitrogen and oxygen atoms in total. The van der Waals surface area contributed by atoms with Crippen LogP contribution in [0, 0.1) is 11.8 Å². The van der Waals surface area contributed by atoms with Gasteiger partial charge in [-0.15, -0.1) is 11.3 Å². The van der Waals surface area contributed by atoms with E-state index in [0.29, 0.717) is 5.92 Å². The van der Waals surface area contributed by atoms with E-state index in [1.807, 2.05) is 19.1 Å². The lowest BCUT2D eigenvalue weighted by Crippen LogP contribution is -2.27. The average Bonchev–Trinajstić information content (AvgIpc) is 2.73. The summed E-state index contributed by atoms with van der Waals surface area (Å²) in [5, 5.41) is 3.01. The molecule has 1 N–H and O–H groups in total. The van der Waals surface area contributed by atoms with Gasteiger partial charge < -0.3 is 5.32 Å². The van der Waals surface area contributed by atoms with Crippen LogP contribution in [-0.2, 0) is 4.79 Å². The van der Waals surface area contributed by atoms with Crippen LogP contribution in [0.15, 0.2) is 12.1 Å². The van der Waals surface area contributed by atoms with E-state index in [1.165, 1.54) is 11.3 Å². The van der Waals surface area contributed by atoms with E-state index in [0.717, 1.165) is 15.6 Å². The Morgan fingerprint density at radius 2 is 2.33 bits per heavy atom. The van der Waals surface area contributed by atoms with E-state index in [-0.39, 0.29) is 17.9 Å². The number of rotatable bonds is 3. The zero-order valence-corrected chi connectivity index (χ0v) is 10.4. The van der Waals surface area contributed by atoms with Gasteiger partial charge in [0.05, 0.1) is 10.4 Å². The fourth-order valence-electron chi connectivity index (χ4n) is 1.64. The van der Waals surface area contributed by atoms with Crippen molar-refractivity contribution in [2.24, 2.45) is 11.8 Å². The van der Waals surface area contributed by atoms with Crippen molar-refractivity contribution in [3.05, 3.63) is 21.3 Å². The molecule has 82 valence electrons. The highest BCUT2D eigenvalue weighted by atomic mass is 35.5. The molecule has 1 aliphatic carbocycles. The lowest BCUT2D eigenvalue weighted by atomic mass is 10.2. The largest absolute Gasteiger partial charge is 0.349 e. The summed E-state index contributed by atoms with van der Waals surface area (Å²) in [5.74, 6) is 0.978. The molecule has 1 aromatic heterocycles. The Labute approximate surface area is 98.6 Å². The van der Waals surface area contributed by atoms with Gasteiger partial charge in [0.1, 0.15) is 0 Å². The molecular formula is C11H14ClNOS. The number of carbonyl (C=O) groups is 1. The molecule has 0 saturated heterocycles. The van der Waals surface area contributed by atoms with Crippen molar-refractivity contribution >= 4 is 28.8 Å². The second-order valence-corrected chi connectivity index (χ2v) is 5.94. The van der Waals surface area contributed by atoms with Crippen LogP contribution < -0.4 is 5.32 Å². The van der Waals surface area contributed by atoms with E-state index in [2.05, 4.69) is 12.2 Å². The molecule has 0 bridgehead atoms. The van der Waals surface area contributed by atoms with Gasteiger partial charge in [-0.05, 0) is 31.4 Å². The molecule has 1 fully saturated rings. The molecule has 1 heterocycles. The Morgan fingerprint density at radius 1 is 1.67 bits per heavy atom. The maximum absolute atomic E-state index is 11.7. The highest BCUT2D eigenvalue weighted by Gasteiger charge is 2.39. The molecule has 15 heavy (non-hydrogen) atoms. The van der Waals surface area contributed by atoms with E-state index < -0.39 is 0 Å². The van der Waals surface area contributed by atoms with Crippen LogP contribution in [0.2, 0.25) is 4.34 Å². The molecule has 0 aliphatic heterocycles. The molecular weight excluding hydrogens is 230 g/mol. The SMILES string of the molecule is CC(NC(=O)C1CC1C)c1ccc(Cl)s1. The topological polar surface area (TPSA) is 29.1 Å². The molecule has 4 heteroatoms. The Kier molecular flexibility index (Phi) is 3.03. The molecule has 1 amide bonds. The second-order valence-electron chi connectivity index (χ2n) is 4.19. The van der Waals surface area contributed by atoms with Gasteiger partial charge in [0.15, 0.2) is 0 Å². The van der Waals surface area contributed by atoms with Crippen molar-refractivity contribution in [3.63, 3.8) is 0 Å². The summed E-state index contributed by atoms with van der Waals surface area (Å²) in [5.41, 5.74) is 0. The summed E-state index contributed by atoms with van der Waals surface area (Å²) in [4.78, 5) is 12.8. The molecule has 0 radical (unpaired) electrons. The minimum absolute atomic E-state index is 0.0720. The third-order valence-corrected chi connectivity index (χ3v) is 4.24. The molecule has 2 rings (SSSR count). The first kappa shape index (κ1) is 11.0. The molecule has 0 spiro atoms. The van der Waals surface area contributed by atoms with E-state index in [9.17, 15) is 4.79 Å².